The summed E-state index contributed by atoms with van der Waals surface area (Å²) in [6.45, 7) is 4.31. The Labute approximate surface area is 165 Å². The molecule has 2 amide bonds. The number of carboxylic acid groups (broad SMARTS) is 1. The van der Waals surface area contributed by atoms with Gasteiger partial charge in [-0.1, -0.05) is 26.0 Å². The van der Waals surface area contributed by atoms with Gasteiger partial charge in [-0.15, -0.1) is 0 Å². The van der Waals surface area contributed by atoms with E-state index in [1.165, 1.54) is 13.0 Å². The zero-order chi connectivity index (χ0) is 21.7. The molecule has 1 aromatic carbocycles. The average Bonchev–Trinajstić information content (AvgIpc) is 2.64. The molecule has 0 spiro atoms. The van der Waals surface area contributed by atoms with Crippen LogP contribution in [0.3, 0.4) is 0 Å². The lowest BCUT2D eigenvalue weighted by Gasteiger charge is -2.23. The maximum absolute atomic E-state index is 12.5. The van der Waals surface area contributed by atoms with E-state index in [-0.39, 0.29) is 17.7 Å². The van der Waals surface area contributed by atoms with Crippen molar-refractivity contribution in [2.75, 3.05) is 0 Å². The van der Waals surface area contributed by atoms with Crippen LogP contribution < -0.4 is 27.0 Å². The van der Waals surface area contributed by atoms with E-state index in [0.29, 0.717) is 5.52 Å². The lowest BCUT2D eigenvalue weighted by molar-refractivity contribution is -0.307. The molecular formula is C19H23N4O6-. The highest BCUT2D eigenvalue weighted by molar-refractivity contribution is 5.90. The van der Waals surface area contributed by atoms with Crippen LogP contribution in [-0.4, -0.2) is 39.4 Å². The Morgan fingerprint density at radius 2 is 1.76 bits per heavy atom. The van der Waals surface area contributed by atoms with Gasteiger partial charge in [0, 0.05) is 0 Å². The quantitative estimate of drug-likeness (QED) is 0.486. The Hall–Kier alpha value is -3.43. The zero-order valence-corrected chi connectivity index (χ0v) is 16.4. The molecule has 2 atom stereocenters. The summed E-state index contributed by atoms with van der Waals surface area (Å²) >= 11 is 0. The number of H-pyrrole nitrogens is 1. The van der Waals surface area contributed by atoms with Gasteiger partial charge < -0.3 is 25.5 Å². The van der Waals surface area contributed by atoms with Crippen LogP contribution in [0, 0.1) is 5.92 Å². The number of aliphatic carboxylic acids is 1. The first-order valence-electron chi connectivity index (χ1n) is 9.12. The van der Waals surface area contributed by atoms with Crippen molar-refractivity contribution in [2.24, 2.45) is 5.92 Å². The van der Waals surface area contributed by atoms with E-state index in [9.17, 15) is 29.1 Å². The van der Waals surface area contributed by atoms with Crippen LogP contribution >= 0.6 is 0 Å². The third kappa shape index (κ3) is 5.53. The van der Waals surface area contributed by atoms with Crippen molar-refractivity contribution in [1.29, 1.82) is 0 Å². The van der Waals surface area contributed by atoms with Gasteiger partial charge in [0.15, 0.2) is 0 Å². The molecule has 0 aliphatic carbocycles. The fourth-order valence-corrected chi connectivity index (χ4v) is 2.80. The summed E-state index contributed by atoms with van der Waals surface area (Å²) in [6.07, 6.45) is 0.236. The van der Waals surface area contributed by atoms with Gasteiger partial charge in [0.25, 0.3) is 5.56 Å². The van der Waals surface area contributed by atoms with Crippen LogP contribution in [0.4, 0.5) is 0 Å². The van der Waals surface area contributed by atoms with E-state index in [4.69, 9.17) is 0 Å². The summed E-state index contributed by atoms with van der Waals surface area (Å²) in [6, 6.07) is 4.13. The Kier molecular flexibility index (Phi) is 6.92. The predicted octanol–water partition coefficient (Wildman–Crippen LogP) is -1.52. The largest absolute Gasteiger partial charge is 0.548 e. The normalized spacial score (nSPS) is 13.1. The number of benzene rings is 1. The molecule has 0 radical (unpaired) electrons. The highest BCUT2D eigenvalue weighted by atomic mass is 16.4. The lowest BCUT2D eigenvalue weighted by Crippen LogP contribution is -2.54. The Bertz CT molecular complexity index is 1040. The number of nitrogens with zero attached hydrogens (tertiary/aromatic N) is 1. The molecule has 3 N–H and O–H groups in total. The summed E-state index contributed by atoms with van der Waals surface area (Å²) in [5, 5.41) is 15.8. The van der Waals surface area contributed by atoms with E-state index >= 15 is 0 Å². The molecule has 0 saturated heterocycles. The number of aromatic nitrogens is 2. The molecule has 2 aromatic rings. The van der Waals surface area contributed by atoms with Crippen LogP contribution in [0.1, 0.15) is 27.2 Å². The number of para-hydroxylation sites is 1. The van der Waals surface area contributed by atoms with Gasteiger partial charge in [-0.3, -0.25) is 19.0 Å². The molecule has 0 saturated carbocycles. The maximum Gasteiger partial charge on any atom is 0.329 e. The smallest absolute Gasteiger partial charge is 0.329 e. The first-order valence-corrected chi connectivity index (χ1v) is 9.12. The van der Waals surface area contributed by atoms with Crippen molar-refractivity contribution in [2.45, 2.75) is 45.8 Å². The Balaban J connectivity index is 2.21. The Morgan fingerprint density at radius 3 is 2.38 bits per heavy atom. The number of carbonyl (C=O) groups is 3. The van der Waals surface area contributed by atoms with Crippen molar-refractivity contribution in [3.63, 3.8) is 0 Å². The average molecular weight is 403 g/mol. The summed E-state index contributed by atoms with van der Waals surface area (Å²) in [5.41, 5.74) is -1.03. The van der Waals surface area contributed by atoms with E-state index < -0.39 is 47.7 Å². The van der Waals surface area contributed by atoms with Crippen LogP contribution in [0.25, 0.3) is 10.9 Å². The number of amides is 2. The second kappa shape index (κ2) is 9.18. The van der Waals surface area contributed by atoms with Gasteiger partial charge >= 0.3 is 5.69 Å². The van der Waals surface area contributed by atoms with E-state index in [1.54, 1.807) is 18.2 Å². The molecule has 10 nitrogen and oxygen atoms in total. The molecule has 0 aliphatic rings. The van der Waals surface area contributed by atoms with Gasteiger partial charge in [-0.05, 0) is 31.4 Å². The number of aromatic amines is 1. The molecule has 0 bridgehead atoms. The minimum atomic E-state index is -1.46. The van der Waals surface area contributed by atoms with Crippen LogP contribution in [0.2, 0.25) is 0 Å². The minimum Gasteiger partial charge on any atom is -0.548 e. The monoisotopic (exact) mass is 403 g/mol. The van der Waals surface area contributed by atoms with Crippen molar-refractivity contribution in [3.8, 4) is 0 Å². The van der Waals surface area contributed by atoms with Gasteiger partial charge in [0.2, 0.25) is 11.8 Å². The molecular weight excluding hydrogens is 380 g/mol. The second-order valence-electron chi connectivity index (χ2n) is 7.17. The third-order valence-electron chi connectivity index (χ3n) is 4.26. The van der Waals surface area contributed by atoms with E-state index in [0.717, 1.165) is 4.57 Å². The standard InChI is InChI=1S/C19H24N4O6/c1-10(2)8-14(16(25)20-11(3)18(27)28)21-15(24)9-23-17(26)12-6-4-5-7-13(12)22-19(23)29/h4-7,10-11,14H,8-9H2,1-3H3,(H,20,25)(H,21,24)(H,22,29)(H,27,28)/p-1/t11-,14-/m0/s1. The molecule has 2 rings (SSSR count). The number of carboxylic acids is 1. The fourth-order valence-electron chi connectivity index (χ4n) is 2.80. The molecule has 156 valence electrons. The first-order chi connectivity index (χ1) is 13.6. The summed E-state index contributed by atoms with van der Waals surface area (Å²) < 4.78 is 0.742. The zero-order valence-electron chi connectivity index (χ0n) is 16.4. The molecule has 1 aromatic heterocycles. The maximum atomic E-state index is 12.5. The number of fused-ring (bicyclic) bond motifs is 1. The second-order valence-corrected chi connectivity index (χ2v) is 7.17. The topological polar surface area (TPSA) is 153 Å². The summed E-state index contributed by atoms with van der Waals surface area (Å²) in [4.78, 5) is 62.8. The van der Waals surface area contributed by atoms with Gasteiger partial charge in [0.05, 0.1) is 22.9 Å². The number of nitrogens with one attached hydrogen (secondary N) is 3. The van der Waals surface area contributed by atoms with Crippen molar-refractivity contribution in [1.82, 2.24) is 20.2 Å². The van der Waals surface area contributed by atoms with Gasteiger partial charge in [-0.2, -0.15) is 0 Å². The highest BCUT2D eigenvalue weighted by Crippen LogP contribution is 2.06. The van der Waals surface area contributed by atoms with Crippen LogP contribution in [0.5, 0.6) is 0 Å². The first kappa shape index (κ1) is 21.9. The summed E-state index contributed by atoms with van der Waals surface area (Å²) in [7, 11) is 0. The van der Waals surface area contributed by atoms with Gasteiger partial charge in [0.1, 0.15) is 12.6 Å². The minimum absolute atomic E-state index is 0.0103. The Morgan fingerprint density at radius 1 is 1.10 bits per heavy atom. The molecule has 10 heteroatoms. The predicted molar refractivity (Wildman–Crippen MR) is 103 cm³/mol. The summed E-state index contributed by atoms with van der Waals surface area (Å²) in [5.74, 6) is -2.86. The van der Waals surface area contributed by atoms with Gasteiger partial charge in [-0.25, -0.2) is 4.79 Å². The van der Waals surface area contributed by atoms with Crippen LogP contribution in [0.15, 0.2) is 33.9 Å². The fraction of sp³-hybridized carbons (Fsp3) is 0.421. The van der Waals surface area contributed by atoms with Crippen molar-refractivity contribution in [3.05, 3.63) is 45.1 Å². The van der Waals surface area contributed by atoms with Crippen LogP contribution in [-0.2, 0) is 20.9 Å². The highest BCUT2D eigenvalue weighted by Gasteiger charge is 2.24. The molecule has 0 fully saturated rings. The number of hydrogen-bond donors (Lipinski definition) is 3. The molecule has 0 unspecified atom stereocenters. The van der Waals surface area contributed by atoms with E-state index in [1.807, 2.05) is 13.8 Å². The van der Waals surface area contributed by atoms with Crippen molar-refractivity contribution < 1.29 is 19.5 Å². The number of rotatable bonds is 8. The SMILES string of the molecule is CC(C)C[C@H](NC(=O)Cn1c(=O)[nH]c2ccccc2c1=O)C(=O)N[C@@H](C)C(=O)[O-]. The van der Waals surface area contributed by atoms with Crippen molar-refractivity contribution >= 4 is 28.7 Å². The third-order valence-corrected chi connectivity index (χ3v) is 4.26. The number of hydrogen-bond acceptors (Lipinski definition) is 6. The lowest BCUT2D eigenvalue weighted by atomic mass is 10.0. The molecule has 1 heterocycles. The number of carbonyl (C=O) groups excluding carboxylic acids is 3. The molecule has 0 aliphatic heterocycles. The van der Waals surface area contributed by atoms with E-state index in [2.05, 4.69) is 15.6 Å². The molecule has 29 heavy (non-hydrogen) atoms.